The molecule has 0 aliphatic carbocycles. The van der Waals surface area contributed by atoms with Crippen LogP contribution in [0, 0.1) is 0 Å². The van der Waals surface area contributed by atoms with Gasteiger partial charge in [0.2, 0.25) is 0 Å². The first kappa shape index (κ1) is 72.1. The number of hydrogen-bond acceptors (Lipinski definition) is 6. The number of hydrogen-bond donors (Lipinski definition) is 0. The largest absolute Gasteiger partial charge is 0.462 e. The molecule has 0 amide bonds. The number of carbonyl (C=O) groups is 3. The van der Waals surface area contributed by atoms with Crippen molar-refractivity contribution in [2.75, 3.05) is 13.2 Å². The summed E-state index contributed by atoms with van der Waals surface area (Å²) in [5.41, 5.74) is 0. The van der Waals surface area contributed by atoms with Gasteiger partial charge in [-0.2, -0.15) is 0 Å². The SMILES string of the molecule is CC/C=C\C/C=C\C/C=C\C/C=C\C/C=C\C/C=C\C/C=C\C/C=C\CCCCC(=O)OCC(COC(=O)CCCCCCCCCC)OC(=O)CCCCCCCCCCCCC/C=C\CCCCCCCCCC. The van der Waals surface area contributed by atoms with E-state index in [-0.39, 0.29) is 31.1 Å². The Bertz CT molecular complexity index is 1540. The number of unbranched alkanes of at least 4 members (excludes halogenated alkanes) is 28. The number of rotatable bonds is 57. The van der Waals surface area contributed by atoms with E-state index in [0.29, 0.717) is 19.3 Å². The predicted octanol–water partition coefficient (Wildman–Crippen LogP) is 21.8. The van der Waals surface area contributed by atoms with Crippen molar-refractivity contribution in [2.45, 2.75) is 303 Å². The predicted molar refractivity (Wildman–Crippen MR) is 330 cm³/mol. The summed E-state index contributed by atoms with van der Waals surface area (Å²) in [6.45, 7) is 6.48. The highest BCUT2D eigenvalue weighted by molar-refractivity contribution is 5.71. The van der Waals surface area contributed by atoms with Crippen molar-refractivity contribution < 1.29 is 28.6 Å². The summed E-state index contributed by atoms with van der Waals surface area (Å²) in [6, 6.07) is 0. The average molecular weight is 1060 g/mol. The quantitative estimate of drug-likeness (QED) is 0.0261. The van der Waals surface area contributed by atoms with Gasteiger partial charge in [-0.25, -0.2) is 0 Å². The van der Waals surface area contributed by atoms with Gasteiger partial charge in [0.25, 0.3) is 0 Å². The second-order valence-electron chi connectivity index (χ2n) is 20.9. The van der Waals surface area contributed by atoms with E-state index in [1.54, 1.807) is 0 Å². The molecule has 0 aliphatic heterocycles. The molecule has 0 aliphatic rings. The molecule has 0 saturated heterocycles. The molecule has 6 nitrogen and oxygen atoms in total. The molecular weight excluding hydrogens is 937 g/mol. The number of esters is 3. The van der Waals surface area contributed by atoms with E-state index in [9.17, 15) is 14.4 Å². The van der Waals surface area contributed by atoms with Gasteiger partial charge in [-0.05, 0) is 109 Å². The second-order valence-corrected chi connectivity index (χ2v) is 20.9. The van der Waals surface area contributed by atoms with Crippen molar-refractivity contribution in [1.29, 1.82) is 0 Å². The Balaban J connectivity index is 4.28. The highest BCUT2D eigenvalue weighted by Crippen LogP contribution is 2.16. The first-order valence-corrected chi connectivity index (χ1v) is 31.9. The van der Waals surface area contributed by atoms with Crippen LogP contribution in [0.25, 0.3) is 0 Å². The molecular formula is C70H118O6. The Morgan fingerprint density at radius 3 is 0.842 bits per heavy atom. The minimum Gasteiger partial charge on any atom is -0.462 e. The molecule has 0 heterocycles. The maximum Gasteiger partial charge on any atom is 0.306 e. The molecule has 0 saturated carbocycles. The van der Waals surface area contributed by atoms with Crippen LogP contribution < -0.4 is 0 Å². The van der Waals surface area contributed by atoms with Gasteiger partial charge in [0.1, 0.15) is 13.2 Å². The smallest absolute Gasteiger partial charge is 0.306 e. The standard InChI is InChI=1S/C70H118O6/c1-4-7-10-13-16-19-21-23-25-27-29-31-33-34-35-36-38-39-41-43-45-47-49-51-54-57-60-63-69(72)75-66-67(65-74-68(71)62-59-56-53-18-15-12-9-6-3)76-70(73)64-61-58-55-52-50-48-46-44-42-40-37-32-30-28-26-24-22-20-17-14-11-8-5-2/h7,10,16,19,23,25,28-31,34-35,38-39,43,45,49,51,67H,4-6,8-9,11-15,17-18,20-22,24,26-27,32-33,36-37,40-42,44,46-48,50,52-66H2,1-3H3/b10-7-,19-16-,25-23-,30-28-,31-29-,35-34-,39-38-,45-43-,51-49-. The molecule has 0 N–H and O–H groups in total. The van der Waals surface area contributed by atoms with Crippen LogP contribution in [0.3, 0.4) is 0 Å². The van der Waals surface area contributed by atoms with E-state index in [4.69, 9.17) is 14.2 Å². The third-order valence-electron chi connectivity index (χ3n) is 13.5. The van der Waals surface area contributed by atoms with E-state index in [0.717, 1.165) is 109 Å². The molecule has 0 bridgehead atoms. The Hall–Kier alpha value is -3.93. The zero-order valence-corrected chi connectivity index (χ0v) is 49.7. The summed E-state index contributed by atoms with van der Waals surface area (Å²) >= 11 is 0. The van der Waals surface area contributed by atoms with Gasteiger partial charge in [-0.1, -0.05) is 278 Å². The minimum atomic E-state index is -0.796. The maximum absolute atomic E-state index is 12.9. The van der Waals surface area contributed by atoms with Gasteiger partial charge in [-0.15, -0.1) is 0 Å². The molecule has 0 rings (SSSR count). The summed E-state index contributed by atoms with van der Waals surface area (Å²) in [6.07, 6.45) is 86.9. The van der Waals surface area contributed by atoms with Crippen molar-refractivity contribution >= 4 is 17.9 Å². The van der Waals surface area contributed by atoms with E-state index >= 15 is 0 Å². The number of allylic oxidation sites excluding steroid dienone is 18. The maximum atomic E-state index is 12.9. The van der Waals surface area contributed by atoms with Crippen LogP contribution in [-0.4, -0.2) is 37.2 Å². The summed E-state index contributed by atoms with van der Waals surface area (Å²) < 4.78 is 16.8. The lowest BCUT2D eigenvalue weighted by Crippen LogP contribution is -2.30. The van der Waals surface area contributed by atoms with Gasteiger partial charge < -0.3 is 14.2 Å². The number of ether oxygens (including phenoxy) is 3. The molecule has 76 heavy (non-hydrogen) atoms. The lowest BCUT2D eigenvalue weighted by atomic mass is 10.0. The average Bonchev–Trinajstić information content (AvgIpc) is 3.42. The van der Waals surface area contributed by atoms with Gasteiger partial charge in [0.15, 0.2) is 6.10 Å². The van der Waals surface area contributed by atoms with Crippen LogP contribution in [-0.2, 0) is 28.6 Å². The van der Waals surface area contributed by atoms with Crippen LogP contribution in [0.4, 0.5) is 0 Å². The van der Waals surface area contributed by atoms with Crippen molar-refractivity contribution in [3.63, 3.8) is 0 Å². The highest BCUT2D eigenvalue weighted by atomic mass is 16.6. The Morgan fingerprint density at radius 2 is 0.513 bits per heavy atom. The van der Waals surface area contributed by atoms with Crippen molar-refractivity contribution in [1.82, 2.24) is 0 Å². The normalized spacial score (nSPS) is 12.8. The van der Waals surface area contributed by atoms with Crippen LogP contribution in [0.15, 0.2) is 109 Å². The fraction of sp³-hybridized carbons (Fsp3) is 0.700. The van der Waals surface area contributed by atoms with Crippen molar-refractivity contribution in [3.8, 4) is 0 Å². The van der Waals surface area contributed by atoms with Crippen LogP contribution in [0.5, 0.6) is 0 Å². The fourth-order valence-electron chi connectivity index (χ4n) is 8.75. The zero-order valence-electron chi connectivity index (χ0n) is 49.7. The Kier molecular flexibility index (Phi) is 60.3. The van der Waals surface area contributed by atoms with Gasteiger partial charge >= 0.3 is 17.9 Å². The lowest BCUT2D eigenvalue weighted by molar-refractivity contribution is -0.167. The summed E-state index contributed by atoms with van der Waals surface area (Å²) in [5.74, 6) is -0.937. The fourth-order valence-corrected chi connectivity index (χ4v) is 8.75. The molecule has 0 radical (unpaired) electrons. The molecule has 0 fully saturated rings. The molecule has 0 aromatic heterocycles. The number of carbonyl (C=O) groups excluding carboxylic acids is 3. The van der Waals surface area contributed by atoms with Crippen LogP contribution in [0.1, 0.15) is 297 Å². The highest BCUT2D eigenvalue weighted by Gasteiger charge is 2.19. The van der Waals surface area contributed by atoms with Crippen molar-refractivity contribution in [3.05, 3.63) is 109 Å². The molecule has 1 unspecified atom stereocenters. The molecule has 1 atom stereocenters. The molecule has 0 aromatic carbocycles. The zero-order chi connectivity index (χ0) is 55.0. The topological polar surface area (TPSA) is 78.9 Å². The van der Waals surface area contributed by atoms with E-state index in [2.05, 4.69) is 130 Å². The van der Waals surface area contributed by atoms with Crippen LogP contribution >= 0.6 is 0 Å². The van der Waals surface area contributed by atoms with Gasteiger partial charge in [0.05, 0.1) is 0 Å². The molecule has 6 heteroatoms. The summed E-state index contributed by atoms with van der Waals surface area (Å²) in [4.78, 5) is 38.1. The molecule has 0 spiro atoms. The second kappa shape index (κ2) is 63.6. The lowest BCUT2D eigenvalue weighted by Gasteiger charge is -2.18. The summed E-state index contributed by atoms with van der Waals surface area (Å²) in [5, 5.41) is 0. The molecule has 0 aromatic rings. The first-order chi connectivity index (χ1) is 37.5. The Labute approximate surface area is 470 Å². The van der Waals surface area contributed by atoms with Gasteiger partial charge in [-0.3, -0.25) is 14.4 Å². The van der Waals surface area contributed by atoms with E-state index in [1.807, 2.05) is 0 Å². The van der Waals surface area contributed by atoms with Crippen molar-refractivity contribution in [2.24, 2.45) is 0 Å². The van der Waals surface area contributed by atoms with Crippen LogP contribution in [0.2, 0.25) is 0 Å². The third kappa shape index (κ3) is 60.9. The minimum absolute atomic E-state index is 0.0913. The van der Waals surface area contributed by atoms with E-state index in [1.165, 1.54) is 148 Å². The van der Waals surface area contributed by atoms with E-state index < -0.39 is 6.10 Å². The first-order valence-electron chi connectivity index (χ1n) is 31.9. The summed E-state index contributed by atoms with van der Waals surface area (Å²) in [7, 11) is 0. The molecule has 434 valence electrons. The Morgan fingerprint density at radius 1 is 0.276 bits per heavy atom. The van der Waals surface area contributed by atoms with Gasteiger partial charge in [0, 0.05) is 19.3 Å². The monoisotopic (exact) mass is 1050 g/mol. The third-order valence-corrected chi connectivity index (χ3v) is 13.5.